The summed E-state index contributed by atoms with van der Waals surface area (Å²) in [4.78, 5) is 53.2. The Morgan fingerprint density at radius 3 is 2.44 bits per heavy atom. The molecule has 0 aliphatic carbocycles. The molecule has 15 heteroatoms. The van der Waals surface area contributed by atoms with Gasteiger partial charge in [-0.05, 0) is 18.9 Å². The van der Waals surface area contributed by atoms with Crippen LogP contribution in [0.15, 0.2) is 54.9 Å². The molecule has 4 atom stereocenters. The number of nitrogens with one attached hydrogen (secondary N) is 2. The topological polar surface area (TPSA) is 175 Å². The van der Waals surface area contributed by atoms with Crippen molar-refractivity contribution in [2.45, 2.75) is 68.8 Å². The third-order valence-electron chi connectivity index (χ3n) is 7.13. The summed E-state index contributed by atoms with van der Waals surface area (Å²) in [6.45, 7) is 2.95. The molecule has 1 aromatic rings. The maximum atomic E-state index is 13.7. The van der Waals surface area contributed by atoms with Crippen LogP contribution in [0, 0.1) is 0 Å². The van der Waals surface area contributed by atoms with Crippen molar-refractivity contribution in [3.8, 4) is 0 Å². The third-order valence-corrected chi connectivity index (χ3v) is 7.13. The zero-order valence-corrected chi connectivity index (χ0v) is 23.4. The Morgan fingerprint density at radius 2 is 1.84 bits per heavy atom. The number of nitrogens with two attached hydrogens (primary N) is 1. The first kappa shape index (κ1) is 33.7. The molecular formula is C28H36F3N5O7. The minimum Gasteiger partial charge on any atom is -0.394 e. The van der Waals surface area contributed by atoms with Crippen LogP contribution in [0.2, 0.25) is 0 Å². The molecule has 1 aromatic carbocycles. The van der Waals surface area contributed by atoms with E-state index >= 15 is 0 Å². The van der Waals surface area contributed by atoms with Crippen LogP contribution in [0.25, 0.3) is 0 Å². The number of Topliss-reactive ketones (excluding diaryl/α,β-unsaturated/α-hetero) is 1. The quantitative estimate of drug-likeness (QED) is 0.120. The minimum absolute atomic E-state index is 0.0413. The number of amides is 4. The van der Waals surface area contributed by atoms with Gasteiger partial charge in [0, 0.05) is 31.3 Å². The number of rotatable bonds is 14. The SMILES string of the molecule is C=CC(=O)N(CCCCCCCNC(=O)C(F)(F)F)C1=CN([C@H]2C[C@H](O)[C@@H](CO)O2)C(=O)NC1(N)C(=O)c1ccccc1. The van der Waals surface area contributed by atoms with Gasteiger partial charge in [-0.2, -0.15) is 13.2 Å². The molecule has 2 heterocycles. The van der Waals surface area contributed by atoms with Gasteiger partial charge in [0.15, 0.2) is 5.66 Å². The van der Waals surface area contributed by atoms with Crippen molar-refractivity contribution in [3.05, 3.63) is 60.4 Å². The van der Waals surface area contributed by atoms with Crippen LogP contribution in [0.3, 0.4) is 0 Å². The van der Waals surface area contributed by atoms with Crippen molar-refractivity contribution in [2.24, 2.45) is 5.73 Å². The van der Waals surface area contributed by atoms with Crippen molar-refractivity contribution in [1.82, 2.24) is 20.4 Å². The Morgan fingerprint density at radius 1 is 1.19 bits per heavy atom. The molecule has 3 rings (SSSR count). The summed E-state index contributed by atoms with van der Waals surface area (Å²) in [6, 6.07) is 7.10. The fourth-order valence-electron chi connectivity index (χ4n) is 4.81. The number of aliphatic hydroxyl groups excluding tert-OH is 2. The molecule has 12 nitrogen and oxygen atoms in total. The molecular weight excluding hydrogens is 575 g/mol. The third kappa shape index (κ3) is 8.19. The van der Waals surface area contributed by atoms with Crippen molar-refractivity contribution < 1.29 is 47.3 Å². The lowest BCUT2D eigenvalue weighted by Gasteiger charge is -2.43. The van der Waals surface area contributed by atoms with Gasteiger partial charge in [0.2, 0.25) is 11.7 Å². The molecule has 236 valence electrons. The molecule has 4 amide bonds. The van der Waals surface area contributed by atoms with Gasteiger partial charge < -0.3 is 30.5 Å². The molecule has 1 unspecified atom stereocenters. The predicted molar refractivity (Wildman–Crippen MR) is 147 cm³/mol. The normalized spacial score (nSPS) is 23.8. The second kappa shape index (κ2) is 14.6. The summed E-state index contributed by atoms with van der Waals surface area (Å²) in [5.74, 6) is -3.31. The molecule has 1 fully saturated rings. The molecule has 43 heavy (non-hydrogen) atoms. The molecule has 0 bridgehead atoms. The second-order valence-corrected chi connectivity index (χ2v) is 10.2. The number of ether oxygens (including phenoxy) is 1. The molecule has 6 N–H and O–H groups in total. The summed E-state index contributed by atoms with van der Waals surface area (Å²) in [6.07, 6.45) is -3.44. The van der Waals surface area contributed by atoms with Crippen molar-refractivity contribution in [1.29, 1.82) is 0 Å². The molecule has 2 aliphatic rings. The number of benzene rings is 1. The number of hydrogen-bond acceptors (Lipinski definition) is 8. The maximum absolute atomic E-state index is 13.7. The number of carbonyl (C=O) groups excluding carboxylic acids is 4. The van der Waals surface area contributed by atoms with Crippen LogP contribution in [0.5, 0.6) is 0 Å². The number of unbranched alkanes of at least 4 members (excludes halogenated alkanes) is 4. The second-order valence-electron chi connectivity index (χ2n) is 10.2. The van der Waals surface area contributed by atoms with E-state index in [1.54, 1.807) is 18.2 Å². The van der Waals surface area contributed by atoms with E-state index in [9.17, 15) is 42.6 Å². The monoisotopic (exact) mass is 611 g/mol. The minimum atomic E-state index is -4.94. The van der Waals surface area contributed by atoms with Crippen LogP contribution in [-0.4, -0.2) is 93.6 Å². The standard InChI is InChI=1S/C28H36F3N5O7/c1-2-22(39)35(14-10-5-3-4-9-13-33-25(41)28(29,30)31)21-16-36(23-15-19(38)20(17-37)43-23)26(42)34-27(21,32)24(40)18-11-7-6-8-12-18/h2,6-8,11-12,16,19-20,23,37-38H,1,3-5,9-10,13-15,17,32H2,(H,33,41)(H,34,42)/t19-,20+,23+,27?/m0/s1. The number of hydrogen-bond donors (Lipinski definition) is 5. The van der Waals surface area contributed by atoms with Gasteiger partial charge in [-0.25, -0.2) is 4.79 Å². The fraction of sp³-hybridized carbons (Fsp3) is 0.500. The van der Waals surface area contributed by atoms with Gasteiger partial charge in [0.05, 0.1) is 18.4 Å². The number of aliphatic hydroxyl groups is 2. The summed E-state index contributed by atoms with van der Waals surface area (Å²) in [5.41, 5.74) is 4.50. The summed E-state index contributed by atoms with van der Waals surface area (Å²) < 4.78 is 42.5. The lowest BCUT2D eigenvalue weighted by atomic mass is 9.92. The van der Waals surface area contributed by atoms with Crippen LogP contribution >= 0.6 is 0 Å². The maximum Gasteiger partial charge on any atom is 0.471 e. The van der Waals surface area contributed by atoms with E-state index in [0.29, 0.717) is 32.1 Å². The Bertz CT molecular complexity index is 1210. The molecule has 0 radical (unpaired) electrons. The summed E-state index contributed by atoms with van der Waals surface area (Å²) in [5, 5.41) is 24.0. The molecule has 1 saturated heterocycles. The van der Waals surface area contributed by atoms with E-state index in [1.807, 2.05) is 5.32 Å². The number of alkyl halides is 3. The van der Waals surface area contributed by atoms with E-state index in [1.165, 1.54) is 23.2 Å². The number of carbonyl (C=O) groups is 4. The number of urea groups is 1. The van der Waals surface area contributed by atoms with Gasteiger partial charge in [-0.15, -0.1) is 0 Å². The van der Waals surface area contributed by atoms with E-state index in [2.05, 4.69) is 11.9 Å². The van der Waals surface area contributed by atoms with Gasteiger partial charge in [-0.3, -0.25) is 25.0 Å². The Labute approximate surface area is 246 Å². The molecule has 2 aliphatic heterocycles. The van der Waals surface area contributed by atoms with Crippen LogP contribution in [0.4, 0.5) is 18.0 Å². The largest absolute Gasteiger partial charge is 0.471 e. The van der Waals surface area contributed by atoms with E-state index in [4.69, 9.17) is 10.5 Å². The first-order chi connectivity index (χ1) is 20.3. The van der Waals surface area contributed by atoms with Crippen LogP contribution < -0.4 is 16.4 Å². The Kier molecular flexibility index (Phi) is 11.4. The average molecular weight is 612 g/mol. The summed E-state index contributed by atoms with van der Waals surface area (Å²) in [7, 11) is 0. The van der Waals surface area contributed by atoms with Crippen LogP contribution in [0.1, 0.15) is 48.9 Å². The van der Waals surface area contributed by atoms with Gasteiger partial charge in [-0.1, -0.05) is 56.2 Å². The molecule has 0 aromatic heterocycles. The van der Waals surface area contributed by atoms with Crippen molar-refractivity contribution in [3.63, 3.8) is 0 Å². The number of ketones is 1. The van der Waals surface area contributed by atoms with Crippen LogP contribution in [-0.2, 0) is 14.3 Å². The Hall–Kier alpha value is -3.79. The summed E-state index contributed by atoms with van der Waals surface area (Å²) >= 11 is 0. The predicted octanol–water partition coefficient (Wildman–Crippen LogP) is 1.50. The first-order valence-electron chi connectivity index (χ1n) is 13.8. The van der Waals surface area contributed by atoms with E-state index < -0.39 is 60.5 Å². The van der Waals surface area contributed by atoms with Crippen molar-refractivity contribution in [2.75, 3.05) is 19.7 Å². The van der Waals surface area contributed by atoms with E-state index in [0.717, 1.165) is 11.0 Å². The lowest BCUT2D eigenvalue weighted by Crippen LogP contribution is -2.70. The van der Waals surface area contributed by atoms with E-state index in [-0.39, 0.29) is 30.8 Å². The average Bonchev–Trinajstić information content (AvgIpc) is 3.35. The molecule has 0 saturated carbocycles. The zero-order valence-electron chi connectivity index (χ0n) is 23.4. The fourth-order valence-corrected chi connectivity index (χ4v) is 4.81. The highest BCUT2D eigenvalue weighted by atomic mass is 19.4. The van der Waals surface area contributed by atoms with Gasteiger partial charge >= 0.3 is 18.1 Å². The lowest BCUT2D eigenvalue weighted by molar-refractivity contribution is -0.173. The van der Waals surface area contributed by atoms with Crippen molar-refractivity contribution >= 4 is 23.6 Å². The number of halogens is 3. The highest BCUT2D eigenvalue weighted by Gasteiger charge is 2.50. The number of nitrogens with zero attached hydrogens (tertiary/aromatic N) is 2. The highest BCUT2D eigenvalue weighted by Crippen LogP contribution is 2.31. The molecule has 0 spiro atoms. The zero-order chi connectivity index (χ0) is 31.8. The smallest absolute Gasteiger partial charge is 0.394 e. The first-order valence-corrected chi connectivity index (χ1v) is 13.8. The Balaban J connectivity index is 1.79. The highest BCUT2D eigenvalue weighted by molar-refractivity contribution is 6.08. The van der Waals surface area contributed by atoms with Gasteiger partial charge in [0.1, 0.15) is 12.3 Å². The van der Waals surface area contributed by atoms with Gasteiger partial charge in [0.25, 0.3) is 0 Å².